The Morgan fingerprint density at radius 3 is 2.00 bits per heavy atom. The zero-order valence-corrected chi connectivity index (χ0v) is 10.8. The van der Waals surface area contributed by atoms with Crippen LogP contribution in [-0.2, 0) is 0 Å². The van der Waals surface area contributed by atoms with Crippen LogP contribution in [0.2, 0.25) is 0 Å². The Labute approximate surface area is 95.6 Å². The first-order chi connectivity index (χ1) is 6.67. The highest BCUT2D eigenvalue weighted by molar-refractivity contribution is 4.64. The first kappa shape index (κ1) is 14.9. The van der Waals surface area contributed by atoms with Crippen molar-refractivity contribution in [1.29, 1.82) is 0 Å². The Hall–Kier alpha value is -0.0800. The average molecular weight is 215 g/mol. The lowest BCUT2D eigenvalue weighted by atomic mass is 10.0. The minimum Gasteiger partial charge on any atom is -0.870 e. The molecule has 15 heavy (non-hydrogen) atoms. The smallest absolute Gasteiger partial charge is 0.0886 e. The molecule has 0 aliphatic heterocycles. The molecule has 1 N–H and O–H groups in total. The van der Waals surface area contributed by atoms with Gasteiger partial charge in [0.25, 0.3) is 0 Å². The van der Waals surface area contributed by atoms with Gasteiger partial charge in [-0.1, -0.05) is 26.2 Å². The van der Waals surface area contributed by atoms with E-state index < -0.39 is 0 Å². The number of hydrogen-bond acceptors (Lipinski definition) is 1. The number of unbranched alkanes of at least 4 members (excludes halogenated alkanes) is 1. The second-order valence-corrected chi connectivity index (χ2v) is 5.50. The molecule has 0 amide bonds. The van der Waals surface area contributed by atoms with Crippen LogP contribution < -0.4 is 0 Å². The second kappa shape index (κ2) is 7.24. The predicted octanol–water partition coefficient (Wildman–Crippen LogP) is 3.41. The van der Waals surface area contributed by atoms with Gasteiger partial charge in [-0.2, -0.15) is 0 Å². The lowest BCUT2D eigenvalue weighted by Gasteiger charge is -2.38. The number of rotatable bonds is 4. The van der Waals surface area contributed by atoms with Gasteiger partial charge in [0.05, 0.1) is 26.7 Å². The van der Waals surface area contributed by atoms with Crippen LogP contribution in [0, 0.1) is 0 Å². The summed E-state index contributed by atoms with van der Waals surface area (Å²) >= 11 is 0. The quantitative estimate of drug-likeness (QED) is 0.522. The van der Waals surface area contributed by atoms with Gasteiger partial charge in [-0.05, 0) is 32.1 Å². The lowest BCUT2D eigenvalue weighted by Crippen LogP contribution is -2.49. The maximum atomic E-state index is 2.44. The van der Waals surface area contributed by atoms with Crippen LogP contribution >= 0.6 is 0 Å². The molecule has 1 rings (SSSR count). The van der Waals surface area contributed by atoms with E-state index in [9.17, 15) is 0 Å². The molecule has 0 heterocycles. The molecule has 2 nitrogen and oxygen atoms in total. The normalized spacial score (nSPS) is 19.4. The van der Waals surface area contributed by atoms with Crippen LogP contribution in [0.5, 0.6) is 0 Å². The van der Waals surface area contributed by atoms with Crippen molar-refractivity contribution in [3.8, 4) is 0 Å². The number of quaternary nitrogens is 1. The third-order valence-corrected chi connectivity index (χ3v) is 3.90. The molecular weight excluding hydrogens is 186 g/mol. The first-order valence-corrected chi connectivity index (χ1v) is 6.49. The Kier molecular flexibility index (Phi) is 7.20. The second-order valence-electron chi connectivity index (χ2n) is 5.50. The highest BCUT2D eigenvalue weighted by Gasteiger charge is 2.27. The van der Waals surface area contributed by atoms with E-state index in [2.05, 4.69) is 21.0 Å². The van der Waals surface area contributed by atoms with E-state index in [4.69, 9.17) is 0 Å². The fourth-order valence-electron chi connectivity index (χ4n) is 2.70. The van der Waals surface area contributed by atoms with Crippen LogP contribution in [0.4, 0.5) is 0 Å². The summed E-state index contributed by atoms with van der Waals surface area (Å²) in [5.41, 5.74) is 0. The molecule has 0 unspecified atom stereocenters. The van der Waals surface area contributed by atoms with Gasteiger partial charge in [-0.25, -0.2) is 0 Å². The van der Waals surface area contributed by atoms with E-state index in [0.29, 0.717) is 0 Å². The van der Waals surface area contributed by atoms with Crippen molar-refractivity contribution in [1.82, 2.24) is 0 Å². The minimum atomic E-state index is 0. The van der Waals surface area contributed by atoms with Crippen molar-refractivity contribution in [2.45, 2.75) is 64.3 Å². The topological polar surface area (TPSA) is 30.0 Å². The zero-order valence-electron chi connectivity index (χ0n) is 10.8. The van der Waals surface area contributed by atoms with Crippen molar-refractivity contribution in [3.63, 3.8) is 0 Å². The molecule has 1 aliphatic carbocycles. The summed E-state index contributed by atoms with van der Waals surface area (Å²) in [5, 5.41) is 0. The summed E-state index contributed by atoms with van der Waals surface area (Å²) in [6.07, 6.45) is 11.6. The maximum Gasteiger partial charge on any atom is 0.0886 e. The summed E-state index contributed by atoms with van der Waals surface area (Å²) in [7, 11) is 4.87. The monoisotopic (exact) mass is 215 g/mol. The van der Waals surface area contributed by atoms with Crippen molar-refractivity contribution in [3.05, 3.63) is 0 Å². The van der Waals surface area contributed by atoms with Crippen LogP contribution in [0.3, 0.4) is 0 Å². The molecule has 0 aromatic heterocycles. The summed E-state index contributed by atoms with van der Waals surface area (Å²) in [4.78, 5) is 0. The van der Waals surface area contributed by atoms with Gasteiger partial charge in [0.1, 0.15) is 0 Å². The molecule has 1 saturated carbocycles. The first-order valence-electron chi connectivity index (χ1n) is 6.49. The molecule has 0 spiro atoms. The molecule has 0 radical (unpaired) electrons. The van der Waals surface area contributed by atoms with E-state index in [1.54, 1.807) is 0 Å². The summed E-state index contributed by atoms with van der Waals surface area (Å²) in [6.45, 7) is 3.67. The minimum absolute atomic E-state index is 0. The van der Waals surface area contributed by atoms with E-state index in [-0.39, 0.29) is 5.48 Å². The van der Waals surface area contributed by atoms with Gasteiger partial charge in [0.2, 0.25) is 0 Å². The highest BCUT2D eigenvalue weighted by atomic mass is 16.0. The fraction of sp³-hybridized carbons (Fsp3) is 1.00. The van der Waals surface area contributed by atoms with Gasteiger partial charge in [-0.15, -0.1) is 0 Å². The lowest BCUT2D eigenvalue weighted by molar-refractivity contribution is -0.916. The predicted molar refractivity (Wildman–Crippen MR) is 65.3 cm³/mol. The van der Waals surface area contributed by atoms with E-state index in [1.807, 2.05) is 0 Å². The Bertz CT molecular complexity index is 149. The fourth-order valence-corrected chi connectivity index (χ4v) is 2.70. The third kappa shape index (κ3) is 4.98. The molecule has 0 bridgehead atoms. The third-order valence-electron chi connectivity index (χ3n) is 3.90. The SMILES string of the molecule is CCCC[N+](C)(C)C1CCCCCC1.[OH-]. The molecular formula is C13H29NO. The summed E-state index contributed by atoms with van der Waals surface area (Å²) in [5.74, 6) is 0. The molecule has 0 atom stereocenters. The van der Waals surface area contributed by atoms with Crippen LogP contribution in [0.15, 0.2) is 0 Å². The molecule has 1 fully saturated rings. The highest BCUT2D eigenvalue weighted by Crippen LogP contribution is 2.25. The Morgan fingerprint density at radius 2 is 1.53 bits per heavy atom. The summed E-state index contributed by atoms with van der Waals surface area (Å²) < 4.78 is 1.27. The zero-order chi connectivity index (χ0) is 10.4. The molecule has 2 heteroatoms. The Morgan fingerprint density at radius 1 is 1.00 bits per heavy atom. The van der Waals surface area contributed by atoms with Gasteiger partial charge in [0, 0.05) is 0 Å². The summed E-state index contributed by atoms with van der Waals surface area (Å²) in [6, 6.07) is 0.948. The molecule has 0 aromatic rings. The number of nitrogens with zero attached hydrogens (tertiary/aromatic N) is 1. The van der Waals surface area contributed by atoms with Gasteiger partial charge >= 0.3 is 0 Å². The number of hydrogen-bond donors (Lipinski definition) is 0. The van der Waals surface area contributed by atoms with Crippen LogP contribution in [0.25, 0.3) is 0 Å². The van der Waals surface area contributed by atoms with Crippen molar-refractivity contribution in [2.24, 2.45) is 0 Å². The largest absolute Gasteiger partial charge is 0.870 e. The van der Waals surface area contributed by atoms with Gasteiger partial charge < -0.3 is 9.96 Å². The standard InChI is InChI=1S/C13H28N.H2O/c1-4-5-12-14(2,3)13-10-8-6-7-9-11-13;/h13H,4-12H2,1-3H3;1H2/q+1;/p-1. The molecule has 92 valence electrons. The van der Waals surface area contributed by atoms with E-state index >= 15 is 0 Å². The molecule has 1 aliphatic rings. The van der Waals surface area contributed by atoms with Gasteiger partial charge in [-0.3, -0.25) is 0 Å². The van der Waals surface area contributed by atoms with Crippen molar-refractivity contribution in [2.75, 3.05) is 20.6 Å². The van der Waals surface area contributed by atoms with E-state index in [1.165, 1.54) is 62.4 Å². The van der Waals surface area contributed by atoms with E-state index in [0.717, 1.165) is 6.04 Å². The van der Waals surface area contributed by atoms with Crippen LogP contribution in [0.1, 0.15) is 58.3 Å². The molecule has 0 aromatic carbocycles. The maximum absolute atomic E-state index is 2.44. The van der Waals surface area contributed by atoms with Crippen LogP contribution in [-0.4, -0.2) is 36.6 Å². The van der Waals surface area contributed by atoms with Gasteiger partial charge in [0.15, 0.2) is 0 Å². The van der Waals surface area contributed by atoms with Crippen molar-refractivity contribution >= 4 is 0 Å². The average Bonchev–Trinajstić information content (AvgIpc) is 2.43. The molecule has 0 saturated heterocycles. The Balaban J connectivity index is 0.00000196. The van der Waals surface area contributed by atoms with Crippen molar-refractivity contribution < 1.29 is 9.96 Å².